The van der Waals surface area contributed by atoms with Gasteiger partial charge in [-0.2, -0.15) is 0 Å². The molecular weight excluding hydrogens is 137 g/mol. The van der Waals surface area contributed by atoms with E-state index in [2.05, 4.69) is 0 Å². The summed E-state index contributed by atoms with van der Waals surface area (Å²) in [4.78, 5) is 8.59. The van der Waals surface area contributed by atoms with Crippen LogP contribution in [0.2, 0.25) is 0 Å². The van der Waals surface area contributed by atoms with Crippen molar-refractivity contribution >= 4 is 8.03 Å². The minimum absolute atomic E-state index is 0.0844. The predicted octanol–water partition coefficient (Wildman–Crippen LogP) is 0.458. The van der Waals surface area contributed by atoms with Crippen molar-refractivity contribution < 1.29 is 9.46 Å². The van der Waals surface area contributed by atoms with Gasteiger partial charge in [-0.1, -0.05) is 6.08 Å². The summed E-state index contributed by atoms with van der Waals surface area (Å²) in [5.74, 6) is 0. The molecule has 0 amide bonds. The van der Waals surface area contributed by atoms with Gasteiger partial charge in [-0.05, 0) is 12.8 Å². The van der Waals surface area contributed by atoms with Gasteiger partial charge in [0.1, 0.15) is 0 Å². The van der Waals surface area contributed by atoms with Gasteiger partial charge >= 0.3 is 0 Å². The maximum absolute atomic E-state index is 10.4. The van der Waals surface area contributed by atoms with Crippen molar-refractivity contribution in [2.24, 2.45) is 5.73 Å². The second kappa shape index (κ2) is 2.65. The molecule has 0 aromatic heterocycles. The van der Waals surface area contributed by atoms with Crippen LogP contribution in [0.1, 0.15) is 12.8 Å². The highest BCUT2D eigenvalue weighted by Gasteiger charge is 2.15. The smallest absolute Gasteiger partial charge is 0.213 e. The molecule has 0 heterocycles. The third kappa shape index (κ3) is 1.65. The average Bonchev–Trinajstić information content (AvgIpc) is 2.14. The molecule has 52 valence electrons. The topological polar surface area (TPSA) is 63.3 Å². The molecule has 0 spiro atoms. The quantitative estimate of drug-likeness (QED) is 0.529. The fourth-order valence-electron chi connectivity index (χ4n) is 0.917. The molecule has 0 fully saturated rings. The van der Waals surface area contributed by atoms with E-state index in [0.29, 0.717) is 11.7 Å². The zero-order valence-corrected chi connectivity index (χ0v) is 6.00. The fraction of sp³-hybridized carbons (Fsp3) is 0.600. The first-order valence-corrected chi connectivity index (χ1v) is 4.23. The van der Waals surface area contributed by atoms with Gasteiger partial charge in [0.15, 0.2) is 0 Å². The Bertz CT molecular complexity index is 166. The van der Waals surface area contributed by atoms with E-state index < -0.39 is 8.03 Å². The monoisotopic (exact) mass is 147 g/mol. The number of hydrogen-bond donors (Lipinski definition) is 2. The lowest BCUT2D eigenvalue weighted by Gasteiger charge is -1.98. The van der Waals surface area contributed by atoms with Gasteiger partial charge in [-0.25, -0.2) is 0 Å². The van der Waals surface area contributed by atoms with Crippen molar-refractivity contribution in [3.05, 3.63) is 11.4 Å². The van der Waals surface area contributed by atoms with Gasteiger partial charge in [0, 0.05) is 11.4 Å². The van der Waals surface area contributed by atoms with E-state index in [1.807, 2.05) is 0 Å². The van der Waals surface area contributed by atoms with Gasteiger partial charge in [0.2, 0.25) is 8.03 Å². The first kappa shape index (κ1) is 7.00. The van der Waals surface area contributed by atoms with Crippen molar-refractivity contribution in [3.8, 4) is 0 Å². The largest absolute Gasteiger partial charge is 0.343 e. The van der Waals surface area contributed by atoms with Crippen molar-refractivity contribution in [2.45, 2.75) is 18.9 Å². The molecule has 0 radical (unpaired) electrons. The van der Waals surface area contributed by atoms with Crippen molar-refractivity contribution in [1.29, 1.82) is 0 Å². The van der Waals surface area contributed by atoms with Crippen molar-refractivity contribution in [3.63, 3.8) is 0 Å². The number of nitrogens with two attached hydrogens (primary N) is 1. The highest BCUT2D eigenvalue weighted by Crippen LogP contribution is 2.35. The van der Waals surface area contributed by atoms with Crippen molar-refractivity contribution in [1.82, 2.24) is 0 Å². The Balaban J connectivity index is 2.55. The van der Waals surface area contributed by atoms with Crippen LogP contribution in [0.15, 0.2) is 11.4 Å². The average molecular weight is 147 g/mol. The van der Waals surface area contributed by atoms with E-state index in [-0.39, 0.29) is 6.04 Å². The molecule has 0 aliphatic heterocycles. The zero-order valence-electron chi connectivity index (χ0n) is 5.00. The molecule has 0 aromatic rings. The SMILES string of the molecule is NC1CC=C([PH](=O)O)C1. The summed E-state index contributed by atoms with van der Waals surface area (Å²) < 4.78 is 10.4. The fourth-order valence-corrected chi connectivity index (χ4v) is 1.65. The third-order valence-electron chi connectivity index (χ3n) is 1.42. The standard InChI is InChI=1S/C5H10NO2P/c6-4-1-2-5(3-4)9(7)8/h2,4,9H,1,3,6H2,(H,7,8). The summed E-state index contributed by atoms with van der Waals surface area (Å²) in [6, 6.07) is 0.0844. The van der Waals surface area contributed by atoms with E-state index in [1.54, 1.807) is 6.08 Å². The normalized spacial score (nSPS) is 30.0. The van der Waals surface area contributed by atoms with Crippen LogP contribution >= 0.6 is 8.03 Å². The molecule has 3 N–H and O–H groups in total. The first-order chi connectivity index (χ1) is 4.20. The number of rotatable bonds is 1. The lowest BCUT2D eigenvalue weighted by Crippen LogP contribution is -2.14. The lowest BCUT2D eigenvalue weighted by atomic mass is 10.3. The van der Waals surface area contributed by atoms with Gasteiger partial charge in [0.25, 0.3) is 0 Å². The molecule has 0 bridgehead atoms. The molecule has 0 saturated heterocycles. The molecule has 2 atom stereocenters. The molecule has 0 saturated carbocycles. The molecule has 9 heavy (non-hydrogen) atoms. The molecule has 0 aromatic carbocycles. The van der Waals surface area contributed by atoms with Gasteiger partial charge in [-0.15, -0.1) is 0 Å². The summed E-state index contributed by atoms with van der Waals surface area (Å²) in [7, 11) is -2.41. The summed E-state index contributed by atoms with van der Waals surface area (Å²) in [5, 5.41) is 0.646. The maximum atomic E-state index is 10.4. The summed E-state index contributed by atoms with van der Waals surface area (Å²) >= 11 is 0. The molecule has 2 unspecified atom stereocenters. The lowest BCUT2D eigenvalue weighted by molar-refractivity contribution is 0.508. The van der Waals surface area contributed by atoms with Crippen molar-refractivity contribution in [2.75, 3.05) is 0 Å². The van der Waals surface area contributed by atoms with Crippen LogP contribution in [-0.2, 0) is 4.57 Å². The first-order valence-electron chi connectivity index (χ1n) is 2.88. The minimum atomic E-state index is -2.41. The summed E-state index contributed by atoms with van der Waals surface area (Å²) in [6.07, 6.45) is 3.13. The Morgan fingerprint density at radius 1 is 1.89 bits per heavy atom. The molecule has 1 rings (SSSR count). The Labute approximate surface area is 54.4 Å². The second-order valence-electron chi connectivity index (χ2n) is 2.23. The highest BCUT2D eigenvalue weighted by molar-refractivity contribution is 7.43. The maximum Gasteiger partial charge on any atom is 0.213 e. The van der Waals surface area contributed by atoms with Crippen LogP contribution in [0.5, 0.6) is 0 Å². The molecule has 1 aliphatic rings. The predicted molar refractivity (Wildman–Crippen MR) is 36.5 cm³/mol. The van der Waals surface area contributed by atoms with E-state index in [0.717, 1.165) is 6.42 Å². The zero-order chi connectivity index (χ0) is 6.85. The molecule has 1 aliphatic carbocycles. The highest BCUT2D eigenvalue weighted by atomic mass is 31.1. The van der Waals surface area contributed by atoms with Gasteiger partial charge < -0.3 is 10.6 Å². The minimum Gasteiger partial charge on any atom is -0.343 e. The Kier molecular flexibility index (Phi) is 2.06. The second-order valence-corrected chi connectivity index (χ2v) is 3.49. The van der Waals surface area contributed by atoms with Crippen LogP contribution in [0.3, 0.4) is 0 Å². The van der Waals surface area contributed by atoms with E-state index >= 15 is 0 Å². The van der Waals surface area contributed by atoms with E-state index in [4.69, 9.17) is 10.6 Å². The van der Waals surface area contributed by atoms with E-state index in [9.17, 15) is 4.57 Å². The third-order valence-corrected chi connectivity index (χ3v) is 2.38. The van der Waals surface area contributed by atoms with Crippen LogP contribution < -0.4 is 5.73 Å². The Morgan fingerprint density at radius 3 is 2.78 bits per heavy atom. The van der Waals surface area contributed by atoms with Crippen LogP contribution in [0.25, 0.3) is 0 Å². The molecule has 4 heteroatoms. The summed E-state index contributed by atoms with van der Waals surface area (Å²) in [6.45, 7) is 0. The number of hydrogen-bond acceptors (Lipinski definition) is 2. The van der Waals surface area contributed by atoms with E-state index in [1.165, 1.54) is 0 Å². The van der Waals surface area contributed by atoms with Gasteiger partial charge in [-0.3, -0.25) is 4.57 Å². The summed E-state index contributed by atoms with van der Waals surface area (Å²) in [5.41, 5.74) is 5.48. The molecule has 3 nitrogen and oxygen atoms in total. The van der Waals surface area contributed by atoms with Gasteiger partial charge in [0.05, 0.1) is 0 Å². The van der Waals surface area contributed by atoms with Crippen LogP contribution in [0.4, 0.5) is 0 Å². The Morgan fingerprint density at radius 2 is 2.56 bits per heavy atom. The molecular formula is C5H10NO2P. The van der Waals surface area contributed by atoms with Crippen LogP contribution in [0, 0.1) is 0 Å². The Hall–Kier alpha value is -0.110. The van der Waals surface area contributed by atoms with Crippen LogP contribution in [-0.4, -0.2) is 10.9 Å².